The summed E-state index contributed by atoms with van der Waals surface area (Å²) >= 11 is 0. The van der Waals surface area contributed by atoms with E-state index < -0.39 is 12.1 Å². The highest BCUT2D eigenvalue weighted by Crippen LogP contribution is 2.39. The van der Waals surface area contributed by atoms with Gasteiger partial charge in [0, 0.05) is 5.92 Å². The fraction of sp³-hybridized carbons (Fsp3) is 0.429. The summed E-state index contributed by atoms with van der Waals surface area (Å²) in [4.78, 5) is 19.3. The molecule has 1 aliphatic carbocycles. The number of rotatable bonds is 4. The van der Waals surface area contributed by atoms with Crippen molar-refractivity contribution in [1.82, 2.24) is 9.97 Å². The third-order valence-electron chi connectivity index (χ3n) is 3.31. The van der Waals surface area contributed by atoms with Gasteiger partial charge in [-0.15, -0.1) is 0 Å². The van der Waals surface area contributed by atoms with Crippen molar-refractivity contribution in [3.63, 3.8) is 0 Å². The molecule has 3 rings (SSSR count). The Morgan fingerprint density at radius 3 is 3.05 bits per heavy atom. The van der Waals surface area contributed by atoms with Gasteiger partial charge in [-0.05, 0) is 37.5 Å². The first-order valence-corrected chi connectivity index (χ1v) is 6.53. The van der Waals surface area contributed by atoms with Crippen molar-refractivity contribution in [3.8, 4) is 0 Å². The molecule has 0 spiro atoms. The largest absolute Gasteiger partial charge is 0.464 e. The summed E-state index contributed by atoms with van der Waals surface area (Å²) in [5.41, 5.74) is 2.24. The number of esters is 1. The highest BCUT2D eigenvalue weighted by molar-refractivity contribution is 5.81. The van der Waals surface area contributed by atoms with Gasteiger partial charge in [-0.25, -0.2) is 9.78 Å². The number of nitrogens with one attached hydrogen (secondary N) is 1. The van der Waals surface area contributed by atoms with Gasteiger partial charge in [0.2, 0.25) is 0 Å². The first kappa shape index (κ1) is 12.2. The van der Waals surface area contributed by atoms with E-state index in [1.165, 1.54) is 12.8 Å². The number of fused-ring (bicyclic) bond motifs is 1. The highest BCUT2D eigenvalue weighted by Gasteiger charge is 2.27. The number of hydrogen-bond donors (Lipinski definition) is 2. The number of imidazole rings is 1. The molecule has 0 saturated heterocycles. The first-order chi connectivity index (χ1) is 9.19. The fourth-order valence-corrected chi connectivity index (χ4v) is 2.12. The second kappa shape index (κ2) is 4.66. The summed E-state index contributed by atoms with van der Waals surface area (Å²) in [5, 5.41) is 9.90. The Morgan fingerprint density at radius 2 is 2.37 bits per heavy atom. The third kappa shape index (κ3) is 2.33. The second-order valence-electron chi connectivity index (χ2n) is 4.83. The maximum atomic E-state index is 11.5. The number of aromatic nitrogens is 2. The number of carbonyl (C=O) groups is 1. The van der Waals surface area contributed by atoms with Crippen molar-refractivity contribution in [2.75, 3.05) is 6.61 Å². The monoisotopic (exact) mass is 260 g/mol. The van der Waals surface area contributed by atoms with Gasteiger partial charge in [0.15, 0.2) is 6.10 Å². The van der Waals surface area contributed by atoms with Crippen LogP contribution in [-0.2, 0) is 9.53 Å². The molecule has 1 fully saturated rings. The van der Waals surface area contributed by atoms with Crippen molar-refractivity contribution in [2.45, 2.75) is 31.8 Å². The van der Waals surface area contributed by atoms with Crippen LogP contribution in [0.15, 0.2) is 18.2 Å². The molecule has 1 aromatic carbocycles. The van der Waals surface area contributed by atoms with Crippen LogP contribution in [0.1, 0.15) is 43.2 Å². The summed E-state index contributed by atoms with van der Waals surface area (Å²) in [6.45, 7) is 1.97. The number of hydrogen-bond acceptors (Lipinski definition) is 4. The molecule has 0 amide bonds. The zero-order valence-electron chi connectivity index (χ0n) is 10.7. The normalized spacial score (nSPS) is 16.5. The standard InChI is InChI=1S/C14H16N2O3/c1-2-19-14(18)12(17)9-5-6-10-11(7-9)16-13(15-10)8-3-4-8/h5-8,12,17H,2-4H2,1H3,(H,15,16). The van der Waals surface area contributed by atoms with E-state index in [-0.39, 0.29) is 6.61 Å². The zero-order valence-corrected chi connectivity index (χ0v) is 10.7. The Labute approximate surface area is 110 Å². The van der Waals surface area contributed by atoms with Gasteiger partial charge >= 0.3 is 5.97 Å². The molecule has 5 heteroatoms. The minimum Gasteiger partial charge on any atom is -0.464 e. The fourth-order valence-electron chi connectivity index (χ4n) is 2.12. The molecule has 1 aliphatic rings. The van der Waals surface area contributed by atoms with Crippen molar-refractivity contribution in [1.29, 1.82) is 0 Å². The summed E-state index contributed by atoms with van der Waals surface area (Å²) in [5.74, 6) is 0.924. The molecule has 100 valence electrons. The van der Waals surface area contributed by atoms with Crippen LogP contribution >= 0.6 is 0 Å². The van der Waals surface area contributed by atoms with E-state index in [9.17, 15) is 9.90 Å². The SMILES string of the molecule is CCOC(=O)C(O)c1ccc2nc(C3CC3)[nH]c2c1. The van der Waals surface area contributed by atoms with Crippen molar-refractivity contribution in [3.05, 3.63) is 29.6 Å². The molecule has 19 heavy (non-hydrogen) atoms. The summed E-state index contributed by atoms with van der Waals surface area (Å²) in [7, 11) is 0. The minimum absolute atomic E-state index is 0.258. The molecule has 1 heterocycles. The summed E-state index contributed by atoms with van der Waals surface area (Å²) < 4.78 is 4.81. The average molecular weight is 260 g/mol. The van der Waals surface area contributed by atoms with E-state index in [0.29, 0.717) is 11.5 Å². The van der Waals surface area contributed by atoms with Crippen molar-refractivity contribution >= 4 is 17.0 Å². The van der Waals surface area contributed by atoms with Crippen LogP contribution in [0.25, 0.3) is 11.0 Å². The number of aliphatic hydroxyl groups is 1. The van der Waals surface area contributed by atoms with E-state index in [4.69, 9.17) is 4.74 Å². The molecule has 1 unspecified atom stereocenters. The van der Waals surface area contributed by atoms with E-state index in [0.717, 1.165) is 16.9 Å². The molecular formula is C14H16N2O3. The first-order valence-electron chi connectivity index (χ1n) is 6.53. The van der Waals surface area contributed by atoms with E-state index >= 15 is 0 Å². The molecular weight excluding hydrogens is 244 g/mol. The molecule has 0 bridgehead atoms. The van der Waals surface area contributed by atoms with Crippen LogP contribution in [0.3, 0.4) is 0 Å². The van der Waals surface area contributed by atoms with E-state index in [2.05, 4.69) is 9.97 Å². The van der Waals surface area contributed by atoms with Crippen LogP contribution in [0.5, 0.6) is 0 Å². The van der Waals surface area contributed by atoms with Crippen molar-refractivity contribution < 1.29 is 14.6 Å². The lowest BCUT2D eigenvalue weighted by molar-refractivity contribution is -0.153. The number of nitrogens with zero attached hydrogens (tertiary/aromatic N) is 1. The molecule has 1 saturated carbocycles. The topological polar surface area (TPSA) is 75.2 Å². The Kier molecular flexibility index (Phi) is 2.98. The lowest BCUT2D eigenvalue weighted by Gasteiger charge is -2.09. The van der Waals surface area contributed by atoms with E-state index in [1.807, 2.05) is 6.07 Å². The number of carbonyl (C=O) groups excluding carboxylic acids is 1. The number of ether oxygens (including phenoxy) is 1. The number of aliphatic hydroxyl groups excluding tert-OH is 1. The maximum absolute atomic E-state index is 11.5. The minimum atomic E-state index is -1.24. The van der Waals surface area contributed by atoms with Crippen LogP contribution in [0.4, 0.5) is 0 Å². The molecule has 1 aromatic heterocycles. The van der Waals surface area contributed by atoms with Crippen LogP contribution in [0, 0.1) is 0 Å². The number of benzene rings is 1. The molecule has 0 aliphatic heterocycles. The van der Waals surface area contributed by atoms with Gasteiger partial charge in [0.25, 0.3) is 0 Å². The quantitative estimate of drug-likeness (QED) is 0.825. The van der Waals surface area contributed by atoms with Crippen LogP contribution in [0.2, 0.25) is 0 Å². The Balaban J connectivity index is 1.89. The van der Waals surface area contributed by atoms with E-state index in [1.54, 1.807) is 19.1 Å². The lowest BCUT2D eigenvalue weighted by atomic mass is 10.1. The predicted molar refractivity (Wildman–Crippen MR) is 69.7 cm³/mol. The zero-order chi connectivity index (χ0) is 13.4. The number of H-pyrrole nitrogens is 1. The van der Waals surface area contributed by atoms with Gasteiger partial charge in [-0.3, -0.25) is 0 Å². The van der Waals surface area contributed by atoms with Crippen molar-refractivity contribution in [2.24, 2.45) is 0 Å². The Morgan fingerprint density at radius 1 is 1.58 bits per heavy atom. The molecule has 2 N–H and O–H groups in total. The maximum Gasteiger partial charge on any atom is 0.339 e. The number of aromatic amines is 1. The van der Waals surface area contributed by atoms with Gasteiger partial charge < -0.3 is 14.8 Å². The summed E-state index contributed by atoms with van der Waals surface area (Å²) in [6, 6.07) is 5.28. The Hall–Kier alpha value is -1.88. The predicted octanol–water partition coefficient (Wildman–Crippen LogP) is 2.04. The smallest absolute Gasteiger partial charge is 0.339 e. The average Bonchev–Trinajstić information content (AvgIpc) is 3.17. The highest BCUT2D eigenvalue weighted by atomic mass is 16.5. The lowest BCUT2D eigenvalue weighted by Crippen LogP contribution is -2.15. The molecule has 1 atom stereocenters. The Bertz CT molecular complexity index is 616. The summed E-state index contributed by atoms with van der Waals surface area (Å²) in [6.07, 6.45) is 1.12. The second-order valence-corrected chi connectivity index (χ2v) is 4.83. The van der Waals surface area contributed by atoms with Gasteiger partial charge in [-0.2, -0.15) is 0 Å². The van der Waals surface area contributed by atoms with Gasteiger partial charge in [-0.1, -0.05) is 6.07 Å². The van der Waals surface area contributed by atoms with Gasteiger partial charge in [0.1, 0.15) is 5.82 Å². The molecule has 5 nitrogen and oxygen atoms in total. The van der Waals surface area contributed by atoms with Crippen LogP contribution in [-0.4, -0.2) is 27.7 Å². The molecule has 0 radical (unpaired) electrons. The molecule has 2 aromatic rings. The third-order valence-corrected chi connectivity index (χ3v) is 3.31. The van der Waals surface area contributed by atoms with Gasteiger partial charge in [0.05, 0.1) is 17.6 Å². The van der Waals surface area contributed by atoms with Crippen LogP contribution < -0.4 is 0 Å².